The molecule has 3 rings (SSSR count). The summed E-state index contributed by atoms with van der Waals surface area (Å²) in [5.41, 5.74) is 0.962. The molecule has 0 bridgehead atoms. The second-order valence-corrected chi connectivity index (χ2v) is 5.36. The van der Waals surface area contributed by atoms with Crippen molar-refractivity contribution in [3.05, 3.63) is 64.9 Å². The number of amides is 1. The number of imidazole rings is 1. The van der Waals surface area contributed by atoms with E-state index in [4.69, 9.17) is 16.3 Å². The van der Waals surface area contributed by atoms with Crippen LogP contribution in [-0.4, -0.2) is 27.9 Å². The molecule has 6 nitrogen and oxygen atoms in total. The lowest BCUT2D eigenvalue weighted by molar-refractivity contribution is 0.0521. The van der Waals surface area contributed by atoms with Gasteiger partial charge in [-0.1, -0.05) is 23.7 Å². The number of ether oxygens (including phenoxy) is 1. The summed E-state index contributed by atoms with van der Waals surface area (Å²) in [7, 11) is 0. The van der Waals surface area contributed by atoms with Gasteiger partial charge >= 0.3 is 5.97 Å². The lowest BCUT2D eigenvalue weighted by Gasteiger charge is -2.07. The Bertz CT molecular complexity index is 920. The van der Waals surface area contributed by atoms with Gasteiger partial charge in [0.05, 0.1) is 6.61 Å². The number of nitrogens with one attached hydrogen (secondary N) is 1. The van der Waals surface area contributed by atoms with E-state index < -0.39 is 11.9 Å². The highest BCUT2D eigenvalue weighted by atomic mass is 35.5. The minimum atomic E-state index is -0.595. The summed E-state index contributed by atoms with van der Waals surface area (Å²) in [6.45, 7) is 1.92. The summed E-state index contributed by atoms with van der Waals surface area (Å²) < 4.78 is 6.64. The maximum atomic E-state index is 12.5. The predicted molar refractivity (Wildman–Crippen MR) is 90.6 cm³/mol. The molecule has 1 N–H and O–H groups in total. The quantitative estimate of drug-likeness (QED) is 0.737. The second-order valence-electron chi connectivity index (χ2n) is 4.92. The number of halogens is 1. The van der Waals surface area contributed by atoms with Gasteiger partial charge in [-0.25, -0.2) is 9.78 Å². The molecule has 2 heterocycles. The van der Waals surface area contributed by atoms with Crippen LogP contribution in [0, 0.1) is 0 Å². The van der Waals surface area contributed by atoms with Crippen molar-refractivity contribution in [2.24, 2.45) is 0 Å². The predicted octanol–water partition coefficient (Wildman–Crippen LogP) is 3.42. The summed E-state index contributed by atoms with van der Waals surface area (Å²) in [6, 6.07) is 11.8. The van der Waals surface area contributed by atoms with Crippen LogP contribution in [0.25, 0.3) is 5.65 Å². The van der Waals surface area contributed by atoms with Crippen LogP contribution in [-0.2, 0) is 4.74 Å². The van der Waals surface area contributed by atoms with Crippen molar-refractivity contribution in [3.63, 3.8) is 0 Å². The molecule has 0 radical (unpaired) electrons. The Morgan fingerprint density at radius 1 is 1.25 bits per heavy atom. The molecule has 0 fully saturated rings. The summed E-state index contributed by atoms with van der Waals surface area (Å²) in [4.78, 5) is 28.9. The smallest absolute Gasteiger partial charge is 0.360 e. The molecule has 0 spiro atoms. The molecule has 122 valence electrons. The Kier molecular flexibility index (Phi) is 4.48. The Labute approximate surface area is 143 Å². The number of hydrogen-bond donors (Lipinski definition) is 1. The van der Waals surface area contributed by atoms with Crippen LogP contribution >= 0.6 is 11.6 Å². The third kappa shape index (κ3) is 3.09. The van der Waals surface area contributed by atoms with E-state index in [2.05, 4.69) is 10.3 Å². The van der Waals surface area contributed by atoms with Gasteiger partial charge in [-0.3, -0.25) is 9.20 Å². The molecule has 0 aliphatic heterocycles. The lowest BCUT2D eigenvalue weighted by Crippen LogP contribution is -2.17. The highest BCUT2D eigenvalue weighted by Gasteiger charge is 2.22. The normalized spacial score (nSPS) is 10.6. The van der Waals surface area contributed by atoms with E-state index >= 15 is 0 Å². The zero-order valence-corrected chi connectivity index (χ0v) is 13.6. The number of nitrogens with zero attached hydrogens (tertiary/aromatic N) is 2. The Morgan fingerprint density at radius 3 is 2.83 bits per heavy atom. The Balaban J connectivity index is 2.02. The molecule has 0 unspecified atom stereocenters. The molecule has 0 saturated carbocycles. The largest absolute Gasteiger partial charge is 0.461 e. The van der Waals surface area contributed by atoms with Gasteiger partial charge in [0.2, 0.25) is 0 Å². The Morgan fingerprint density at radius 2 is 2.08 bits per heavy atom. The van der Waals surface area contributed by atoms with Crippen LogP contribution < -0.4 is 5.32 Å². The van der Waals surface area contributed by atoms with E-state index in [1.54, 1.807) is 60.0 Å². The van der Waals surface area contributed by atoms with Crippen LogP contribution in [0.3, 0.4) is 0 Å². The molecule has 1 amide bonds. The fourth-order valence-corrected chi connectivity index (χ4v) is 2.46. The molecule has 0 aliphatic carbocycles. The first-order valence-electron chi connectivity index (χ1n) is 7.31. The maximum Gasteiger partial charge on any atom is 0.360 e. The average molecular weight is 344 g/mol. The van der Waals surface area contributed by atoms with E-state index in [1.165, 1.54) is 0 Å². The van der Waals surface area contributed by atoms with Gasteiger partial charge in [-0.2, -0.15) is 0 Å². The van der Waals surface area contributed by atoms with Gasteiger partial charge in [-0.05, 0) is 37.3 Å². The number of carbonyl (C=O) groups is 2. The number of rotatable bonds is 4. The zero-order chi connectivity index (χ0) is 17.1. The molecular formula is C17H14ClN3O3. The van der Waals surface area contributed by atoms with Gasteiger partial charge in [0.15, 0.2) is 11.5 Å². The molecule has 0 saturated heterocycles. The fourth-order valence-electron chi connectivity index (χ4n) is 2.27. The van der Waals surface area contributed by atoms with Crippen molar-refractivity contribution < 1.29 is 14.3 Å². The van der Waals surface area contributed by atoms with Crippen LogP contribution in [0.15, 0.2) is 48.7 Å². The molecule has 3 aromatic rings. The first-order chi connectivity index (χ1) is 11.6. The topological polar surface area (TPSA) is 72.7 Å². The van der Waals surface area contributed by atoms with Gasteiger partial charge in [-0.15, -0.1) is 0 Å². The van der Waals surface area contributed by atoms with Crippen molar-refractivity contribution in [1.29, 1.82) is 0 Å². The van der Waals surface area contributed by atoms with Gasteiger partial charge in [0.1, 0.15) is 5.65 Å². The number of fused-ring (bicyclic) bond motifs is 1. The first kappa shape index (κ1) is 16.0. The van der Waals surface area contributed by atoms with Gasteiger partial charge in [0.25, 0.3) is 5.91 Å². The van der Waals surface area contributed by atoms with E-state index in [1.807, 2.05) is 0 Å². The van der Waals surface area contributed by atoms with E-state index in [0.29, 0.717) is 16.2 Å². The Hall–Kier alpha value is -2.86. The summed E-state index contributed by atoms with van der Waals surface area (Å²) >= 11 is 5.92. The molecule has 0 atom stereocenters. The number of esters is 1. The number of pyridine rings is 1. The van der Waals surface area contributed by atoms with Crippen molar-refractivity contribution >= 4 is 34.9 Å². The van der Waals surface area contributed by atoms with E-state index in [0.717, 1.165) is 0 Å². The molecule has 2 aromatic heterocycles. The number of hydrogen-bond acceptors (Lipinski definition) is 4. The van der Waals surface area contributed by atoms with Crippen molar-refractivity contribution in [2.75, 3.05) is 11.9 Å². The van der Waals surface area contributed by atoms with E-state index in [-0.39, 0.29) is 18.1 Å². The van der Waals surface area contributed by atoms with Crippen LogP contribution in [0.1, 0.15) is 27.8 Å². The molecule has 24 heavy (non-hydrogen) atoms. The maximum absolute atomic E-state index is 12.5. The third-order valence-electron chi connectivity index (χ3n) is 3.32. The minimum Gasteiger partial charge on any atom is -0.461 e. The molecular weight excluding hydrogens is 330 g/mol. The highest BCUT2D eigenvalue weighted by Crippen LogP contribution is 2.21. The zero-order valence-electron chi connectivity index (χ0n) is 12.8. The SMILES string of the molecule is CCOC(=O)c1nc2ccccn2c1NC(=O)c1cccc(Cl)c1. The van der Waals surface area contributed by atoms with Crippen molar-refractivity contribution in [3.8, 4) is 0 Å². The first-order valence-corrected chi connectivity index (χ1v) is 7.69. The standard InChI is InChI=1S/C17H14ClN3O3/c1-2-24-17(23)14-15(21-9-4-3-8-13(21)19-14)20-16(22)11-6-5-7-12(18)10-11/h3-10H,2H2,1H3,(H,20,22). The molecule has 0 aliphatic rings. The lowest BCUT2D eigenvalue weighted by atomic mass is 10.2. The highest BCUT2D eigenvalue weighted by molar-refractivity contribution is 6.31. The monoisotopic (exact) mass is 343 g/mol. The van der Waals surface area contributed by atoms with Crippen LogP contribution in [0.4, 0.5) is 5.82 Å². The summed E-state index contributed by atoms with van der Waals surface area (Å²) in [6.07, 6.45) is 1.71. The number of aromatic nitrogens is 2. The van der Waals surface area contributed by atoms with Crippen LogP contribution in [0.2, 0.25) is 5.02 Å². The van der Waals surface area contributed by atoms with E-state index in [9.17, 15) is 9.59 Å². The number of anilines is 1. The molecule has 7 heteroatoms. The fraction of sp³-hybridized carbons (Fsp3) is 0.118. The van der Waals surface area contributed by atoms with Gasteiger partial charge in [0, 0.05) is 16.8 Å². The number of benzene rings is 1. The number of carbonyl (C=O) groups excluding carboxylic acids is 2. The summed E-state index contributed by atoms with van der Waals surface area (Å²) in [5, 5.41) is 3.17. The van der Waals surface area contributed by atoms with Crippen LogP contribution in [0.5, 0.6) is 0 Å². The third-order valence-corrected chi connectivity index (χ3v) is 3.55. The second kappa shape index (κ2) is 6.72. The van der Waals surface area contributed by atoms with Crippen molar-refractivity contribution in [2.45, 2.75) is 6.92 Å². The minimum absolute atomic E-state index is 0.0541. The van der Waals surface area contributed by atoms with Crippen molar-refractivity contribution in [1.82, 2.24) is 9.38 Å². The molecule has 1 aromatic carbocycles. The summed E-state index contributed by atoms with van der Waals surface area (Å²) in [5.74, 6) is -0.731. The average Bonchev–Trinajstić information content (AvgIpc) is 2.94. The van der Waals surface area contributed by atoms with Gasteiger partial charge < -0.3 is 10.1 Å².